The number of rotatable bonds is 1. The van der Waals surface area contributed by atoms with Gasteiger partial charge in [0.25, 0.3) is 0 Å². The maximum atomic E-state index is 11.3. The standard InChI is InChI=1S/C9H17NO4/c1-9(2,3)14-8(12)10-6-4-13-5-7(6)11/h6-7,11H,4-5H2,1-3H3,(H,10,12)/t6-,7?/m0/s1. The van der Waals surface area contributed by atoms with E-state index in [0.717, 1.165) is 0 Å². The van der Waals surface area contributed by atoms with Crippen LogP contribution in [0, 0.1) is 0 Å². The molecule has 0 spiro atoms. The van der Waals surface area contributed by atoms with E-state index in [2.05, 4.69) is 5.32 Å². The van der Waals surface area contributed by atoms with Gasteiger partial charge in [0.05, 0.1) is 25.4 Å². The summed E-state index contributed by atoms with van der Waals surface area (Å²) in [5.41, 5.74) is -0.519. The fraction of sp³-hybridized carbons (Fsp3) is 0.889. The largest absolute Gasteiger partial charge is 0.444 e. The Bertz CT molecular complexity index is 211. The second-order valence-electron chi connectivity index (χ2n) is 4.36. The van der Waals surface area contributed by atoms with Gasteiger partial charge in [0.15, 0.2) is 0 Å². The van der Waals surface area contributed by atoms with Gasteiger partial charge in [-0.25, -0.2) is 4.79 Å². The number of nitrogens with one attached hydrogen (secondary N) is 1. The summed E-state index contributed by atoms with van der Waals surface area (Å²) in [7, 11) is 0. The van der Waals surface area contributed by atoms with E-state index in [1.165, 1.54) is 0 Å². The number of aliphatic hydroxyl groups excluding tert-OH is 1. The molecule has 1 amide bonds. The molecular weight excluding hydrogens is 186 g/mol. The number of amides is 1. The van der Waals surface area contributed by atoms with E-state index >= 15 is 0 Å². The molecule has 82 valence electrons. The highest BCUT2D eigenvalue weighted by Gasteiger charge is 2.29. The zero-order valence-corrected chi connectivity index (χ0v) is 8.74. The maximum Gasteiger partial charge on any atom is 0.408 e. The van der Waals surface area contributed by atoms with Crippen LogP contribution in [0.4, 0.5) is 4.79 Å². The first-order valence-corrected chi connectivity index (χ1v) is 4.64. The van der Waals surface area contributed by atoms with Gasteiger partial charge in [-0.15, -0.1) is 0 Å². The molecule has 0 radical (unpaired) electrons. The topological polar surface area (TPSA) is 67.8 Å². The van der Waals surface area contributed by atoms with E-state index in [1.807, 2.05) is 0 Å². The van der Waals surface area contributed by atoms with Crippen LogP contribution in [-0.2, 0) is 9.47 Å². The normalized spacial score (nSPS) is 27.4. The lowest BCUT2D eigenvalue weighted by Crippen LogP contribution is -2.44. The average Bonchev–Trinajstić information content (AvgIpc) is 2.32. The Morgan fingerprint density at radius 1 is 1.50 bits per heavy atom. The van der Waals surface area contributed by atoms with Crippen molar-refractivity contribution >= 4 is 6.09 Å². The van der Waals surface area contributed by atoms with Crippen molar-refractivity contribution in [3.63, 3.8) is 0 Å². The first-order chi connectivity index (χ1) is 6.38. The molecule has 1 rings (SSSR count). The molecule has 1 aliphatic heterocycles. The van der Waals surface area contributed by atoms with Gasteiger partial charge in [-0.2, -0.15) is 0 Å². The monoisotopic (exact) mass is 203 g/mol. The third-order valence-corrected chi connectivity index (χ3v) is 1.75. The highest BCUT2D eigenvalue weighted by atomic mass is 16.6. The Kier molecular flexibility index (Phi) is 3.34. The van der Waals surface area contributed by atoms with Crippen LogP contribution in [0.15, 0.2) is 0 Å². The van der Waals surface area contributed by atoms with Gasteiger partial charge in [-0.1, -0.05) is 0 Å². The summed E-state index contributed by atoms with van der Waals surface area (Å²) in [6.07, 6.45) is -1.16. The van der Waals surface area contributed by atoms with Crippen LogP contribution in [-0.4, -0.2) is 42.2 Å². The summed E-state index contributed by atoms with van der Waals surface area (Å²) < 4.78 is 10.0. The number of aliphatic hydroxyl groups is 1. The van der Waals surface area contributed by atoms with Crippen LogP contribution in [0.25, 0.3) is 0 Å². The number of ether oxygens (including phenoxy) is 2. The molecule has 1 unspecified atom stereocenters. The Hall–Kier alpha value is -0.810. The predicted octanol–water partition coefficient (Wildman–Crippen LogP) is 0.271. The third kappa shape index (κ3) is 3.51. The molecule has 5 nitrogen and oxygen atoms in total. The zero-order valence-electron chi connectivity index (χ0n) is 8.74. The number of alkyl carbamates (subject to hydrolysis) is 1. The van der Waals surface area contributed by atoms with E-state index in [0.29, 0.717) is 6.61 Å². The fourth-order valence-electron chi connectivity index (χ4n) is 1.14. The van der Waals surface area contributed by atoms with Crippen molar-refractivity contribution in [3.8, 4) is 0 Å². The van der Waals surface area contributed by atoms with Crippen molar-refractivity contribution in [2.75, 3.05) is 13.2 Å². The van der Waals surface area contributed by atoms with Crippen molar-refractivity contribution in [1.82, 2.24) is 5.32 Å². The molecule has 5 heteroatoms. The second kappa shape index (κ2) is 4.14. The van der Waals surface area contributed by atoms with Crippen LogP contribution in [0.2, 0.25) is 0 Å². The number of carbonyl (C=O) groups excluding carboxylic acids is 1. The molecule has 0 aliphatic carbocycles. The molecule has 0 aromatic heterocycles. The number of hydrogen-bond donors (Lipinski definition) is 2. The van der Waals surface area contributed by atoms with Crippen molar-refractivity contribution in [2.45, 2.75) is 38.5 Å². The first kappa shape index (κ1) is 11.3. The highest BCUT2D eigenvalue weighted by Crippen LogP contribution is 2.09. The summed E-state index contributed by atoms with van der Waals surface area (Å²) in [6, 6.07) is -0.357. The number of hydrogen-bond acceptors (Lipinski definition) is 4. The minimum Gasteiger partial charge on any atom is -0.444 e. The van der Waals surface area contributed by atoms with Crippen molar-refractivity contribution in [3.05, 3.63) is 0 Å². The minimum atomic E-state index is -0.637. The second-order valence-corrected chi connectivity index (χ2v) is 4.36. The molecule has 2 atom stereocenters. The van der Waals surface area contributed by atoms with Crippen molar-refractivity contribution in [2.24, 2.45) is 0 Å². The molecule has 1 saturated heterocycles. The molecule has 2 N–H and O–H groups in total. The smallest absolute Gasteiger partial charge is 0.408 e. The molecule has 14 heavy (non-hydrogen) atoms. The lowest BCUT2D eigenvalue weighted by atomic mass is 10.2. The summed E-state index contributed by atoms with van der Waals surface area (Å²) in [6.45, 7) is 5.96. The third-order valence-electron chi connectivity index (χ3n) is 1.75. The average molecular weight is 203 g/mol. The highest BCUT2D eigenvalue weighted by molar-refractivity contribution is 5.68. The summed E-state index contributed by atoms with van der Waals surface area (Å²) in [5.74, 6) is 0. The van der Waals surface area contributed by atoms with Crippen molar-refractivity contribution < 1.29 is 19.4 Å². The molecular formula is C9H17NO4. The zero-order chi connectivity index (χ0) is 10.8. The van der Waals surface area contributed by atoms with Crippen LogP contribution in [0.5, 0.6) is 0 Å². The molecule has 0 bridgehead atoms. The molecule has 1 fully saturated rings. The molecule has 0 aromatic rings. The van der Waals surface area contributed by atoms with Crippen LogP contribution < -0.4 is 5.32 Å². The Morgan fingerprint density at radius 3 is 2.57 bits per heavy atom. The maximum absolute atomic E-state index is 11.3. The van der Waals surface area contributed by atoms with E-state index in [4.69, 9.17) is 9.47 Å². The van der Waals surface area contributed by atoms with Gasteiger partial charge >= 0.3 is 6.09 Å². The van der Waals surface area contributed by atoms with E-state index in [1.54, 1.807) is 20.8 Å². The van der Waals surface area contributed by atoms with Crippen molar-refractivity contribution in [1.29, 1.82) is 0 Å². The molecule has 1 aliphatic rings. The van der Waals surface area contributed by atoms with Gasteiger partial charge in [0.1, 0.15) is 5.60 Å². The SMILES string of the molecule is CC(C)(C)OC(=O)N[C@H]1COCC1O. The lowest BCUT2D eigenvalue weighted by Gasteiger charge is -2.22. The van der Waals surface area contributed by atoms with Gasteiger partial charge in [0, 0.05) is 0 Å². The molecule has 0 aromatic carbocycles. The van der Waals surface area contributed by atoms with Gasteiger partial charge in [-0.05, 0) is 20.8 Å². The number of carbonyl (C=O) groups is 1. The van der Waals surface area contributed by atoms with Gasteiger partial charge < -0.3 is 19.9 Å². The molecule has 1 heterocycles. The summed E-state index contributed by atoms with van der Waals surface area (Å²) in [5, 5.41) is 11.9. The minimum absolute atomic E-state index is 0.264. The first-order valence-electron chi connectivity index (χ1n) is 4.64. The van der Waals surface area contributed by atoms with E-state index in [9.17, 15) is 9.90 Å². The van der Waals surface area contributed by atoms with Gasteiger partial charge in [0.2, 0.25) is 0 Å². The van der Waals surface area contributed by atoms with E-state index < -0.39 is 17.8 Å². The Morgan fingerprint density at radius 2 is 2.14 bits per heavy atom. The molecule has 0 saturated carbocycles. The Labute approximate surface area is 83.4 Å². The summed E-state index contributed by atoms with van der Waals surface area (Å²) in [4.78, 5) is 11.3. The fourth-order valence-corrected chi connectivity index (χ4v) is 1.14. The summed E-state index contributed by atoms with van der Waals surface area (Å²) >= 11 is 0. The Balaban J connectivity index is 2.33. The van der Waals surface area contributed by atoms with Gasteiger partial charge in [-0.3, -0.25) is 0 Å². The van der Waals surface area contributed by atoms with Crippen LogP contribution in [0.3, 0.4) is 0 Å². The van der Waals surface area contributed by atoms with E-state index in [-0.39, 0.29) is 12.6 Å². The quantitative estimate of drug-likeness (QED) is 0.642. The van der Waals surface area contributed by atoms with Crippen LogP contribution >= 0.6 is 0 Å². The van der Waals surface area contributed by atoms with Crippen LogP contribution in [0.1, 0.15) is 20.8 Å². The predicted molar refractivity (Wildman–Crippen MR) is 50.0 cm³/mol. The lowest BCUT2D eigenvalue weighted by molar-refractivity contribution is 0.0461.